The molecule has 0 atom stereocenters. The Morgan fingerprint density at radius 1 is 1.41 bits per heavy atom. The van der Waals surface area contributed by atoms with Crippen LogP contribution < -0.4 is 4.90 Å². The Morgan fingerprint density at radius 2 is 2.00 bits per heavy atom. The molecule has 1 aromatic rings. The quantitative estimate of drug-likeness (QED) is 0.797. The van der Waals surface area contributed by atoms with Crippen molar-refractivity contribution in [3.63, 3.8) is 0 Å². The van der Waals surface area contributed by atoms with E-state index in [4.69, 9.17) is 0 Å². The Morgan fingerprint density at radius 3 is 2.47 bits per heavy atom. The molecular weight excluding hydrogens is 299 g/mol. The zero-order chi connectivity index (χ0) is 13.2. The summed E-state index contributed by atoms with van der Waals surface area (Å²) in [5.41, 5.74) is 1.76. The molecular formula is C10H15BrF3N3. The molecule has 0 aliphatic heterocycles. The highest BCUT2D eigenvalue weighted by Crippen LogP contribution is 2.26. The van der Waals surface area contributed by atoms with Crippen LogP contribution in [0.3, 0.4) is 0 Å². The molecule has 0 unspecified atom stereocenters. The highest BCUT2D eigenvalue weighted by Gasteiger charge is 2.28. The SMILES string of the molecule is Cc1nn(C)c(N(C)CCC(F)(F)F)c1CBr. The summed E-state index contributed by atoms with van der Waals surface area (Å²) in [7, 11) is 3.38. The molecule has 0 saturated heterocycles. The first-order valence-electron chi connectivity index (χ1n) is 5.12. The maximum absolute atomic E-state index is 12.2. The van der Waals surface area contributed by atoms with Crippen LogP contribution in [0.4, 0.5) is 19.0 Å². The van der Waals surface area contributed by atoms with E-state index in [1.54, 1.807) is 23.7 Å². The summed E-state index contributed by atoms with van der Waals surface area (Å²) < 4.78 is 38.1. The van der Waals surface area contributed by atoms with Crippen LogP contribution in [0.2, 0.25) is 0 Å². The highest BCUT2D eigenvalue weighted by molar-refractivity contribution is 9.08. The molecule has 0 aliphatic rings. The molecule has 0 saturated carbocycles. The van der Waals surface area contributed by atoms with Crippen LogP contribution in [0.5, 0.6) is 0 Å². The monoisotopic (exact) mass is 313 g/mol. The molecule has 1 rings (SSSR count). The largest absolute Gasteiger partial charge is 0.390 e. The van der Waals surface area contributed by atoms with Crippen LogP contribution in [0.25, 0.3) is 0 Å². The third-order valence-corrected chi connectivity index (χ3v) is 3.10. The molecule has 0 N–H and O–H groups in total. The van der Waals surface area contributed by atoms with E-state index in [1.807, 2.05) is 6.92 Å². The standard InChI is InChI=1S/C10H15BrF3N3/c1-7-8(6-11)9(17(3)15-7)16(2)5-4-10(12,13)14/h4-6H2,1-3H3. The van der Waals surface area contributed by atoms with E-state index in [0.717, 1.165) is 17.1 Å². The third kappa shape index (κ3) is 3.62. The zero-order valence-corrected chi connectivity index (χ0v) is 11.6. The number of hydrogen-bond donors (Lipinski definition) is 0. The van der Waals surface area contributed by atoms with Gasteiger partial charge in [-0.2, -0.15) is 18.3 Å². The van der Waals surface area contributed by atoms with E-state index in [0.29, 0.717) is 5.33 Å². The first-order valence-corrected chi connectivity index (χ1v) is 6.24. The Bertz CT molecular complexity index is 387. The van der Waals surface area contributed by atoms with E-state index < -0.39 is 12.6 Å². The van der Waals surface area contributed by atoms with E-state index in [9.17, 15) is 13.2 Å². The van der Waals surface area contributed by atoms with Crippen LogP contribution >= 0.6 is 15.9 Å². The predicted molar refractivity (Wildman–Crippen MR) is 64.5 cm³/mol. The molecule has 17 heavy (non-hydrogen) atoms. The van der Waals surface area contributed by atoms with Gasteiger partial charge in [-0.05, 0) is 6.92 Å². The van der Waals surface area contributed by atoms with Gasteiger partial charge >= 0.3 is 6.18 Å². The van der Waals surface area contributed by atoms with Gasteiger partial charge in [0.15, 0.2) is 0 Å². The molecule has 98 valence electrons. The fourth-order valence-electron chi connectivity index (χ4n) is 1.72. The van der Waals surface area contributed by atoms with Gasteiger partial charge in [0.2, 0.25) is 0 Å². The Balaban J connectivity index is 2.85. The van der Waals surface area contributed by atoms with Crippen molar-refractivity contribution in [2.75, 3.05) is 18.5 Å². The Labute approximate surface area is 107 Å². The van der Waals surface area contributed by atoms with Gasteiger partial charge in [0, 0.05) is 31.5 Å². The molecule has 3 nitrogen and oxygen atoms in total. The van der Waals surface area contributed by atoms with Crippen molar-refractivity contribution in [3.05, 3.63) is 11.3 Å². The van der Waals surface area contributed by atoms with Gasteiger partial charge in [-0.25, -0.2) is 0 Å². The normalized spacial score (nSPS) is 11.9. The van der Waals surface area contributed by atoms with Gasteiger partial charge in [-0.1, -0.05) is 15.9 Å². The summed E-state index contributed by atoms with van der Waals surface area (Å²) >= 11 is 3.33. The van der Waals surface area contributed by atoms with Crippen LogP contribution in [0, 0.1) is 6.92 Å². The number of anilines is 1. The van der Waals surface area contributed by atoms with Crippen molar-refractivity contribution in [3.8, 4) is 0 Å². The van der Waals surface area contributed by atoms with Crippen molar-refractivity contribution in [2.45, 2.75) is 24.9 Å². The minimum Gasteiger partial charge on any atom is -0.359 e. The predicted octanol–water partition coefficient (Wildman–Crippen LogP) is 3.01. The van der Waals surface area contributed by atoms with Gasteiger partial charge in [0.1, 0.15) is 5.82 Å². The molecule has 0 spiro atoms. The first kappa shape index (κ1) is 14.3. The Hall–Kier alpha value is -0.720. The smallest absolute Gasteiger partial charge is 0.359 e. The number of alkyl halides is 4. The van der Waals surface area contributed by atoms with Crippen LogP contribution in [0.15, 0.2) is 0 Å². The van der Waals surface area contributed by atoms with Gasteiger partial charge in [0.25, 0.3) is 0 Å². The van der Waals surface area contributed by atoms with Crippen molar-refractivity contribution in [1.29, 1.82) is 0 Å². The van der Waals surface area contributed by atoms with E-state index >= 15 is 0 Å². The van der Waals surface area contributed by atoms with Crippen LogP contribution in [-0.4, -0.2) is 29.5 Å². The van der Waals surface area contributed by atoms with Crippen molar-refractivity contribution < 1.29 is 13.2 Å². The summed E-state index contributed by atoms with van der Waals surface area (Å²) in [6.07, 6.45) is -4.95. The molecule has 0 amide bonds. The average molecular weight is 314 g/mol. The number of hydrogen-bond acceptors (Lipinski definition) is 2. The number of halogens is 4. The number of rotatable bonds is 4. The minimum atomic E-state index is -4.13. The lowest BCUT2D eigenvalue weighted by Gasteiger charge is -2.21. The molecule has 0 fully saturated rings. The Kier molecular flexibility index (Phi) is 4.46. The molecule has 0 aliphatic carbocycles. The zero-order valence-electron chi connectivity index (χ0n) is 9.97. The second kappa shape index (κ2) is 5.29. The third-order valence-electron chi connectivity index (χ3n) is 2.54. The molecule has 1 aromatic heterocycles. The van der Waals surface area contributed by atoms with Crippen molar-refractivity contribution >= 4 is 21.7 Å². The van der Waals surface area contributed by atoms with Gasteiger partial charge < -0.3 is 4.90 Å². The molecule has 0 radical (unpaired) electrons. The molecule has 1 heterocycles. The summed E-state index contributed by atoms with van der Waals surface area (Å²) in [4.78, 5) is 1.59. The number of aryl methyl sites for hydroxylation is 2. The molecule has 0 aromatic carbocycles. The van der Waals surface area contributed by atoms with Gasteiger partial charge in [-0.3, -0.25) is 4.68 Å². The average Bonchev–Trinajstić information content (AvgIpc) is 2.48. The first-order chi connectivity index (χ1) is 7.76. The lowest BCUT2D eigenvalue weighted by atomic mass is 10.2. The summed E-state index contributed by atoms with van der Waals surface area (Å²) in [5, 5.41) is 4.79. The van der Waals surface area contributed by atoms with Crippen LogP contribution in [-0.2, 0) is 12.4 Å². The van der Waals surface area contributed by atoms with E-state index in [1.165, 1.54) is 0 Å². The lowest BCUT2D eigenvalue weighted by Crippen LogP contribution is -2.26. The second-order valence-corrected chi connectivity index (χ2v) is 4.49. The lowest BCUT2D eigenvalue weighted by molar-refractivity contribution is -0.132. The van der Waals surface area contributed by atoms with Crippen molar-refractivity contribution in [1.82, 2.24) is 9.78 Å². The van der Waals surface area contributed by atoms with Crippen LogP contribution in [0.1, 0.15) is 17.7 Å². The maximum Gasteiger partial charge on any atom is 0.390 e. The van der Waals surface area contributed by atoms with Gasteiger partial charge in [-0.15, -0.1) is 0 Å². The summed E-state index contributed by atoms with van der Waals surface area (Å²) in [5.74, 6) is 0.726. The molecule has 7 heteroatoms. The topological polar surface area (TPSA) is 21.1 Å². The van der Waals surface area contributed by atoms with Crippen molar-refractivity contribution in [2.24, 2.45) is 7.05 Å². The highest BCUT2D eigenvalue weighted by atomic mass is 79.9. The summed E-state index contributed by atoms with van der Waals surface area (Å²) in [6, 6.07) is 0. The maximum atomic E-state index is 12.2. The second-order valence-electron chi connectivity index (χ2n) is 3.93. The summed E-state index contributed by atoms with van der Waals surface area (Å²) in [6.45, 7) is 1.78. The number of aromatic nitrogens is 2. The number of nitrogens with zero attached hydrogens (tertiary/aromatic N) is 3. The van der Waals surface area contributed by atoms with E-state index in [-0.39, 0.29) is 6.54 Å². The van der Waals surface area contributed by atoms with Gasteiger partial charge in [0.05, 0.1) is 12.1 Å². The minimum absolute atomic E-state index is 0.0670. The van der Waals surface area contributed by atoms with E-state index in [2.05, 4.69) is 21.0 Å². The molecule has 0 bridgehead atoms. The fraction of sp³-hybridized carbons (Fsp3) is 0.700. The fourth-order valence-corrected chi connectivity index (χ4v) is 2.38.